The highest BCUT2D eigenvalue weighted by molar-refractivity contribution is 7.80. The van der Waals surface area contributed by atoms with E-state index in [0.717, 1.165) is 11.1 Å². The average Bonchev–Trinajstić information content (AvgIpc) is 2.54. The summed E-state index contributed by atoms with van der Waals surface area (Å²) in [6.07, 6.45) is 1.56. The first-order chi connectivity index (χ1) is 11.1. The Kier molecular flexibility index (Phi) is 6.19. The van der Waals surface area contributed by atoms with E-state index in [4.69, 9.17) is 39.0 Å². The summed E-state index contributed by atoms with van der Waals surface area (Å²) in [5.41, 5.74) is 9.44. The SMILES string of the molecule is COc1cccc(/C=N/NC(N)=S)c1OCc1ccccc1Cl. The number of thiocarbonyl (C=S) groups is 1. The monoisotopic (exact) mass is 349 g/mol. The molecule has 0 unspecified atom stereocenters. The Morgan fingerprint density at radius 3 is 2.78 bits per heavy atom. The summed E-state index contributed by atoms with van der Waals surface area (Å²) in [6.45, 7) is 0.309. The van der Waals surface area contributed by atoms with Gasteiger partial charge in [-0.2, -0.15) is 5.10 Å². The minimum atomic E-state index is 0.0858. The number of hydrogen-bond acceptors (Lipinski definition) is 4. The van der Waals surface area contributed by atoms with Crippen molar-refractivity contribution >= 4 is 35.1 Å². The van der Waals surface area contributed by atoms with Crippen LogP contribution in [0.2, 0.25) is 5.02 Å². The normalized spacial score (nSPS) is 10.5. The standard InChI is InChI=1S/C16H16ClN3O2S/c1-21-14-8-4-6-11(9-19-20-16(18)23)15(14)22-10-12-5-2-3-7-13(12)17/h2-9H,10H2,1H3,(H3,18,20,23)/b19-9+. The quantitative estimate of drug-likeness (QED) is 0.476. The minimum Gasteiger partial charge on any atom is -0.493 e. The molecule has 2 rings (SSSR count). The third-order valence-corrected chi connectivity index (χ3v) is 3.40. The molecule has 23 heavy (non-hydrogen) atoms. The van der Waals surface area contributed by atoms with Crippen molar-refractivity contribution in [3.05, 3.63) is 58.6 Å². The minimum absolute atomic E-state index is 0.0858. The number of ether oxygens (including phenoxy) is 2. The van der Waals surface area contributed by atoms with Gasteiger partial charge in [0.1, 0.15) is 6.61 Å². The molecule has 0 aliphatic carbocycles. The first-order valence-corrected chi connectivity index (χ1v) is 7.52. The number of hydrogen-bond donors (Lipinski definition) is 2. The van der Waals surface area contributed by atoms with E-state index in [2.05, 4.69) is 10.5 Å². The van der Waals surface area contributed by atoms with Crippen LogP contribution in [0.5, 0.6) is 11.5 Å². The maximum absolute atomic E-state index is 6.15. The maximum atomic E-state index is 6.15. The topological polar surface area (TPSA) is 68.9 Å². The fraction of sp³-hybridized carbons (Fsp3) is 0.125. The fourth-order valence-electron chi connectivity index (χ4n) is 1.88. The van der Waals surface area contributed by atoms with E-state index in [1.807, 2.05) is 36.4 Å². The lowest BCUT2D eigenvalue weighted by Crippen LogP contribution is -2.24. The van der Waals surface area contributed by atoms with Crippen molar-refractivity contribution in [2.24, 2.45) is 10.8 Å². The van der Waals surface area contributed by atoms with E-state index >= 15 is 0 Å². The molecule has 3 N–H and O–H groups in total. The Morgan fingerprint density at radius 2 is 2.09 bits per heavy atom. The van der Waals surface area contributed by atoms with Crippen LogP contribution >= 0.6 is 23.8 Å². The van der Waals surface area contributed by atoms with E-state index in [-0.39, 0.29) is 5.11 Å². The molecule has 2 aromatic rings. The Morgan fingerprint density at radius 1 is 1.30 bits per heavy atom. The van der Waals surface area contributed by atoms with Crippen molar-refractivity contribution in [2.75, 3.05) is 7.11 Å². The number of hydrazone groups is 1. The van der Waals surface area contributed by atoms with Gasteiger partial charge in [0.05, 0.1) is 13.3 Å². The summed E-state index contributed by atoms with van der Waals surface area (Å²) < 4.78 is 11.2. The van der Waals surface area contributed by atoms with Gasteiger partial charge in [-0.05, 0) is 30.4 Å². The number of nitrogens with two attached hydrogens (primary N) is 1. The van der Waals surface area contributed by atoms with Crippen LogP contribution in [0.3, 0.4) is 0 Å². The molecule has 0 radical (unpaired) electrons. The summed E-state index contributed by atoms with van der Waals surface area (Å²) in [6, 6.07) is 13.0. The van der Waals surface area contributed by atoms with Crippen molar-refractivity contribution in [3.8, 4) is 11.5 Å². The molecule has 0 aliphatic rings. The van der Waals surface area contributed by atoms with E-state index < -0.39 is 0 Å². The Labute approximate surface area is 145 Å². The smallest absolute Gasteiger partial charge is 0.184 e. The predicted octanol–water partition coefficient (Wildman–Crippen LogP) is 3.09. The second kappa shape index (κ2) is 8.36. The van der Waals surface area contributed by atoms with Crippen molar-refractivity contribution in [2.45, 2.75) is 6.61 Å². The average molecular weight is 350 g/mol. The van der Waals surface area contributed by atoms with E-state index in [9.17, 15) is 0 Å². The van der Waals surface area contributed by atoms with Gasteiger partial charge in [-0.1, -0.05) is 35.9 Å². The van der Waals surface area contributed by atoms with Crippen molar-refractivity contribution in [1.29, 1.82) is 0 Å². The molecule has 0 heterocycles. The van der Waals surface area contributed by atoms with Crippen LogP contribution in [0.1, 0.15) is 11.1 Å². The molecule has 120 valence electrons. The third-order valence-electron chi connectivity index (χ3n) is 2.94. The van der Waals surface area contributed by atoms with Crippen LogP contribution in [-0.4, -0.2) is 18.4 Å². The third kappa shape index (κ3) is 4.84. The summed E-state index contributed by atoms with van der Waals surface area (Å²) in [5, 5.41) is 4.68. The second-order valence-corrected chi connectivity index (χ2v) is 5.34. The largest absolute Gasteiger partial charge is 0.493 e. The highest BCUT2D eigenvalue weighted by Gasteiger charge is 2.10. The molecule has 5 nitrogen and oxygen atoms in total. The molecular weight excluding hydrogens is 334 g/mol. The molecule has 0 saturated heterocycles. The van der Waals surface area contributed by atoms with Gasteiger partial charge in [0.25, 0.3) is 0 Å². The van der Waals surface area contributed by atoms with Crippen LogP contribution < -0.4 is 20.6 Å². The fourth-order valence-corrected chi connectivity index (χ4v) is 2.12. The summed E-state index contributed by atoms with van der Waals surface area (Å²) in [4.78, 5) is 0. The van der Waals surface area contributed by atoms with Crippen LogP contribution in [-0.2, 0) is 6.61 Å². The van der Waals surface area contributed by atoms with Gasteiger partial charge in [-0.3, -0.25) is 5.43 Å². The number of halogens is 1. The molecule has 2 aromatic carbocycles. The Bertz CT molecular complexity index is 722. The molecule has 0 fully saturated rings. The van der Waals surface area contributed by atoms with E-state index in [1.165, 1.54) is 0 Å². The van der Waals surface area contributed by atoms with E-state index in [1.54, 1.807) is 19.4 Å². The number of para-hydroxylation sites is 1. The number of methoxy groups -OCH3 is 1. The Balaban J connectivity index is 2.23. The molecule has 0 aromatic heterocycles. The van der Waals surface area contributed by atoms with E-state index in [0.29, 0.717) is 23.1 Å². The molecule has 0 aliphatic heterocycles. The number of benzene rings is 2. The van der Waals surface area contributed by atoms with Gasteiger partial charge in [0.2, 0.25) is 0 Å². The summed E-state index contributed by atoms with van der Waals surface area (Å²) >= 11 is 10.9. The van der Waals surface area contributed by atoms with Gasteiger partial charge in [-0.15, -0.1) is 0 Å². The zero-order valence-corrected chi connectivity index (χ0v) is 14.0. The molecule has 0 bridgehead atoms. The molecule has 0 amide bonds. The molecule has 0 atom stereocenters. The molecular formula is C16H16ClN3O2S. The molecule has 7 heteroatoms. The van der Waals surface area contributed by atoms with Gasteiger partial charge in [-0.25, -0.2) is 0 Å². The highest BCUT2D eigenvalue weighted by atomic mass is 35.5. The van der Waals surface area contributed by atoms with Crippen LogP contribution in [0, 0.1) is 0 Å². The van der Waals surface area contributed by atoms with Crippen LogP contribution in [0.15, 0.2) is 47.6 Å². The number of rotatable bonds is 6. The van der Waals surface area contributed by atoms with Crippen LogP contribution in [0.25, 0.3) is 0 Å². The predicted molar refractivity (Wildman–Crippen MR) is 96.3 cm³/mol. The van der Waals surface area contributed by atoms with Crippen molar-refractivity contribution in [3.63, 3.8) is 0 Å². The second-order valence-electron chi connectivity index (χ2n) is 4.49. The first kappa shape index (κ1) is 17.1. The zero-order valence-electron chi connectivity index (χ0n) is 12.5. The summed E-state index contributed by atoms with van der Waals surface area (Å²) in [5.74, 6) is 1.15. The van der Waals surface area contributed by atoms with Crippen LogP contribution in [0.4, 0.5) is 0 Å². The lowest BCUT2D eigenvalue weighted by molar-refractivity contribution is 0.284. The summed E-state index contributed by atoms with van der Waals surface area (Å²) in [7, 11) is 1.58. The lowest BCUT2D eigenvalue weighted by Gasteiger charge is -2.13. The Hall–Kier alpha value is -2.31. The highest BCUT2D eigenvalue weighted by Crippen LogP contribution is 2.31. The first-order valence-electron chi connectivity index (χ1n) is 6.73. The van der Waals surface area contributed by atoms with Crippen molar-refractivity contribution < 1.29 is 9.47 Å². The molecule has 0 spiro atoms. The van der Waals surface area contributed by atoms with Gasteiger partial charge >= 0.3 is 0 Å². The maximum Gasteiger partial charge on any atom is 0.184 e. The van der Waals surface area contributed by atoms with Gasteiger partial charge in [0.15, 0.2) is 16.6 Å². The zero-order chi connectivity index (χ0) is 16.7. The lowest BCUT2D eigenvalue weighted by atomic mass is 10.2. The van der Waals surface area contributed by atoms with Gasteiger partial charge < -0.3 is 15.2 Å². The molecule has 0 saturated carbocycles. The number of nitrogens with one attached hydrogen (secondary N) is 1. The van der Waals surface area contributed by atoms with Gasteiger partial charge in [0, 0.05) is 16.1 Å². The van der Waals surface area contributed by atoms with Crippen molar-refractivity contribution in [1.82, 2.24) is 5.43 Å². The number of nitrogens with zero attached hydrogens (tertiary/aromatic N) is 1.